The lowest BCUT2D eigenvalue weighted by atomic mass is 10.0. The Labute approximate surface area is 106 Å². The van der Waals surface area contributed by atoms with E-state index < -0.39 is 6.10 Å². The van der Waals surface area contributed by atoms with Gasteiger partial charge in [-0.1, -0.05) is 42.5 Å². The molecule has 0 saturated heterocycles. The first-order chi connectivity index (χ1) is 8.65. The van der Waals surface area contributed by atoms with Crippen molar-refractivity contribution < 1.29 is 9.90 Å². The summed E-state index contributed by atoms with van der Waals surface area (Å²) in [6, 6.07) is 14.1. The van der Waals surface area contributed by atoms with Crippen LogP contribution in [0.15, 0.2) is 42.5 Å². The first-order valence-electron chi connectivity index (χ1n) is 6.07. The molecule has 3 heteroatoms. The molecule has 0 aliphatic heterocycles. The van der Waals surface area contributed by atoms with Gasteiger partial charge in [0, 0.05) is 6.54 Å². The fraction of sp³-hybridized carbons (Fsp3) is 0.267. The zero-order valence-corrected chi connectivity index (χ0v) is 10.4. The molecule has 0 aromatic heterocycles. The molecule has 0 radical (unpaired) electrons. The predicted octanol–water partition coefficient (Wildman–Crippen LogP) is 1.88. The average Bonchev–Trinajstić information content (AvgIpc) is 2.36. The maximum Gasteiger partial charge on any atom is 0.224 e. The molecule has 0 heterocycles. The molecule has 94 valence electrons. The molecular weight excluding hydrogens is 226 g/mol. The third-order valence-corrected chi connectivity index (χ3v) is 2.77. The van der Waals surface area contributed by atoms with Gasteiger partial charge < -0.3 is 10.4 Å². The summed E-state index contributed by atoms with van der Waals surface area (Å²) in [5.41, 5.74) is 0.983. The van der Waals surface area contributed by atoms with Crippen LogP contribution in [0.2, 0.25) is 0 Å². The van der Waals surface area contributed by atoms with Crippen molar-refractivity contribution in [2.24, 2.45) is 0 Å². The molecule has 1 atom stereocenters. The van der Waals surface area contributed by atoms with Gasteiger partial charge in [-0.25, -0.2) is 0 Å². The van der Waals surface area contributed by atoms with Crippen LogP contribution in [-0.2, 0) is 11.2 Å². The van der Waals surface area contributed by atoms with E-state index in [0.717, 1.165) is 10.9 Å². The lowest BCUT2D eigenvalue weighted by Gasteiger charge is -2.07. The van der Waals surface area contributed by atoms with Crippen molar-refractivity contribution in [2.45, 2.75) is 19.4 Å². The molecule has 0 bridgehead atoms. The van der Waals surface area contributed by atoms with Crippen LogP contribution in [0.1, 0.15) is 12.5 Å². The standard InChI is InChI=1S/C15H17NO2/c1-11(17)10-16-15(18)9-12-6-7-13-4-2-3-5-14(13)8-12/h2-8,11,17H,9-10H2,1H3,(H,16,18). The molecule has 0 spiro atoms. The summed E-state index contributed by atoms with van der Waals surface area (Å²) >= 11 is 0. The van der Waals surface area contributed by atoms with E-state index in [9.17, 15) is 4.79 Å². The van der Waals surface area contributed by atoms with Crippen LogP contribution in [0.5, 0.6) is 0 Å². The number of benzene rings is 2. The van der Waals surface area contributed by atoms with Gasteiger partial charge in [-0.3, -0.25) is 4.79 Å². The van der Waals surface area contributed by atoms with E-state index in [2.05, 4.69) is 5.32 Å². The Morgan fingerprint density at radius 3 is 2.67 bits per heavy atom. The van der Waals surface area contributed by atoms with Crippen LogP contribution in [0.25, 0.3) is 10.8 Å². The predicted molar refractivity (Wildman–Crippen MR) is 72.3 cm³/mol. The average molecular weight is 243 g/mol. The second kappa shape index (κ2) is 5.65. The number of aliphatic hydroxyl groups is 1. The zero-order valence-electron chi connectivity index (χ0n) is 10.4. The lowest BCUT2D eigenvalue weighted by molar-refractivity contribution is -0.120. The van der Waals surface area contributed by atoms with Crippen LogP contribution >= 0.6 is 0 Å². The third kappa shape index (κ3) is 3.31. The Balaban J connectivity index is 2.05. The van der Waals surface area contributed by atoms with Gasteiger partial charge in [-0.2, -0.15) is 0 Å². The summed E-state index contributed by atoms with van der Waals surface area (Å²) in [4.78, 5) is 11.6. The smallest absolute Gasteiger partial charge is 0.224 e. The number of fused-ring (bicyclic) bond motifs is 1. The summed E-state index contributed by atoms with van der Waals surface area (Å²) < 4.78 is 0. The van der Waals surface area contributed by atoms with Gasteiger partial charge in [0.05, 0.1) is 12.5 Å². The second-order valence-corrected chi connectivity index (χ2v) is 4.51. The van der Waals surface area contributed by atoms with Crippen LogP contribution in [0.3, 0.4) is 0 Å². The van der Waals surface area contributed by atoms with Crippen LogP contribution in [-0.4, -0.2) is 23.7 Å². The fourth-order valence-corrected chi connectivity index (χ4v) is 1.86. The van der Waals surface area contributed by atoms with Gasteiger partial charge in [-0.15, -0.1) is 0 Å². The van der Waals surface area contributed by atoms with Gasteiger partial charge in [0.25, 0.3) is 0 Å². The Morgan fingerprint density at radius 2 is 1.94 bits per heavy atom. The summed E-state index contributed by atoms with van der Waals surface area (Å²) in [6.07, 6.45) is -0.164. The highest BCUT2D eigenvalue weighted by Gasteiger charge is 2.05. The van der Waals surface area contributed by atoms with Crippen molar-refractivity contribution in [3.8, 4) is 0 Å². The largest absolute Gasteiger partial charge is 0.392 e. The molecule has 2 aromatic carbocycles. The molecule has 3 nitrogen and oxygen atoms in total. The van der Waals surface area contributed by atoms with Crippen molar-refractivity contribution in [1.82, 2.24) is 5.32 Å². The minimum absolute atomic E-state index is 0.0637. The van der Waals surface area contributed by atoms with Crippen molar-refractivity contribution >= 4 is 16.7 Å². The maximum atomic E-state index is 11.6. The number of amides is 1. The van der Waals surface area contributed by atoms with Crippen molar-refractivity contribution in [3.63, 3.8) is 0 Å². The van der Waals surface area contributed by atoms with Crippen LogP contribution < -0.4 is 5.32 Å². The summed E-state index contributed by atoms with van der Waals surface area (Å²) in [5, 5.41) is 14.1. The minimum Gasteiger partial charge on any atom is -0.392 e. The van der Waals surface area contributed by atoms with Crippen molar-refractivity contribution in [3.05, 3.63) is 48.0 Å². The van der Waals surface area contributed by atoms with E-state index in [1.807, 2.05) is 42.5 Å². The Bertz CT molecular complexity index is 549. The Morgan fingerprint density at radius 1 is 1.22 bits per heavy atom. The SMILES string of the molecule is CC(O)CNC(=O)Cc1ccc2ccccc2c1. The molecule has 1 amide bonds. The molecule has 18 heavy (non-hydrogen) atoms. The van der Waals surface area contributed by atoms with E-state index in [4.69, 9.17) is 5.11 Å². The number of hydrogen-bond donors (Lipinski definition) is 2. The summed E-state index contributed by atoms with van der Waals surface area (Å²) in [6.45, 7) is 1.95. The maximum absolute atomic E-state index is 11.6. The molecule has 2 aromatic rings. The third-order valence-electron chi connectivity index (χ3n) is 2.77. The quantitative estimate of drug-likeness (QED) is 0.861. The first kappa shape index (κ1) is 12.6. The molecule has 0 saturated carbocycles. The van der Waals surface area contributed by atoms with Gasteiger partial charge in [0.1, 0.15) is 0 Å². The highest BCUT2D eigenvalue weighted by atomic mass is 16.3. The molecular formula is C15H17NO2. The van der Waals surface area contributed by atoms with Crippen molar-refractivity contribution in [2.75, 3.05) is 6.54 Å². The van der Waals surface area contributed by atoms with Gasteiger partial charge in [0.15, 0.2) is 0 Å². The number of carbonyl (C=O) groups excluding carboxylic acids is 1. The number of aliphatic hydroxyl groups excluding tert-OH is 1. The number of hydrogen-bond acceptors (Lipinski definition) is 2. The minimum atomic E-state index is -0.509. The number of carbonyl (C=O) groups is 1. The topological polar surface area (TPSA) is 49.3 Å². The van der Waals surface area contributed by atoms with Crippen LogP contribution in [0.4, 0.5) is 0 Å². The van der Waals surface area contributed by atoms with Crippen molar-refractivity contribution in [1.29, 1.82) is 0 Å². The van der Waals surface area contributed by atoms with E-state index in [1.54, 1.807) is 6.92 Å². The number of rotatable bonds is 4. The first-order valence-corrected chi connectivity index (χ1v) is 6.07. The number of nitrogens with one attached hydrogen (secondary N) is 1. The van der Waals surface area contributed by atoms with E-state index in [-0.39, 0.29) is 5.91 Å². The van der Waals surface area contributed by atoms with E-state index in [1.165, 1.54) is 5.39 Å². The molecule has 0 fully saturated rings. The highest BCUT2D eigenvalue weighted by Crippen LogP contribution is 2.15. The summed E-state index contributed by atoms with van der Waals surface area (Å²) in [5.74, 6) is -0.0637. The van der Waals surface area contributed by atoms with Gasteiger partial charge in [-0.05, 0) is 23.3 Å². The van der Waals surface area contributed by atoms with Crippen LogP contribution in [0, 0.1) is 0 Å². The molecule has 2 N–H and O–H groups in total. The summed E-state index contributed by atoms with van der Waals surface area (Å²) in [7, 11) is 0. The fourth-order valence-electron chi connectivity index (χ4n) is 1.86. The second-order valence-electron chi connectivity index (χ2n) is 4.51. The Hall–Kier alpha value is -1.87. The molecule has 0 aliphatic carbocycles. The van der Waals surface area contributed by atoms with E-state index in [0.29, 0.717) is 13.0 Å². The zero-order chi connectivity index (χ0) is 13.0. The normalized spacial score (nSPS) is 12.3. The molecule has 2 rings (SSSR count). The van der Waals surface area contributed by atoms with Gasteiger partial charge in [0.2, 0.25) is 5.91 Å². The lowest BCUT2D eigenvalue weighted by Crippen LogP contribution is -2.31. The van der Waals surface area contributed by atoms with Gasteiger partial charge >= 0.3 is 0 Å². The highest BCUT2D eigenvalue weighted by molar-refractivity contribution is 5.85. The Kier molecular flexibility index (Phi) is 3.95. The van der Waals surface area contributed by atoms with E-state index >= 15 is 0 Å². The monoisotopic (exact) mass is 243 g/mol. The molecule has 1 unspecified atom stereocenters. The molecule has 0 aliphatic rings.